The van der Waals surface area contributed by atoms with E-state index in [-0.39, 0.29) is 5.70 Å². The van der Waals surface area contributed by atoms with Crippen molar-refractivity contribution in [3.8, 4) is 0 Å². The van der Waals surface area contributed by atoms with Crippen LogP contribution in [0.1, 0.15) is 0 Å². The molecule has 0 radical (unpaired) electrons. The maximum Gasteiger partial charge on any atom is 0.244 e. The van der Waals surface area contributed by atoms with Gasteiger partial charge in [-0.1, -0.05) is 0 Å². The third-order valence-electron chi connectivity index (χ3n) is 2.12. The molecule has 1 aliphatic rings. The van der Waals surface area contributed by atoms with Crippen LogP contribution in [-0.4, -0.2) is 53.8 Å². The second kappa shape index (κ2) is 4.91. The van der Waals surface area contributed by atoms with E-state index in [0.717, 1.165) is 12.2 Å². The van der Waals surface area contributed by atoms with E-state index in [1.165, 1.54) is 5.01 Å². The van der Waals surface area contributed by atoms with Gasteiger partial charge in [-0.3, -0.25) is 9.59 Å². The molecule has 0 aliphatic heterocycles. The van der Waals surface area contributed by atoms with Crippen LogP contribution in [0.2, 0.25) is 0 Å². The summed E-state index contributed by atoms with van der Waals surface area (Å²) in [6.45, 7) is 1.03. The van der Waals surface area contributed by atoms with Crippen molar-refractivity contribution in [2.24, 2.45) is 5.84 Å². The standard InChI is InChI=1S/C10H15N3O3/c1-12(2)3-4-13(11)8-5-7(14)6-9(15)10(8)16/h5-6,15H,3-4,11H2,1-2H3. The highest BCUT2D eigenvalue weighted by atomic mass is 16.3. The number of carbonyl (C=O) groups excluding carboxylic acids is 2. The smallest absolute Gasteiger partial charge is 0.244 e. The Morgan fingerprint density at radius 2 is 1.88 bits per heavy atom. The predicted octanol–water partition coefficient (Wildman–Crippen LogP) is -0.799. The lowest BCUT2D eigenvalue weighted by atomic mass is 10.1. The molecule has 0 aromatic heterocycles. The molecule has 0 aromatic rings. The average Bonchev–Trinajstić information content (AvgIpc) is 2.19. The summed E-state index contributed by atoms with van der Waals surface area (Å²) in [5.41, 5.74) is 0.0202. The summed E-state index contributed by atoms with van der Waals surface area (Å²) >= 11 is 0. The van der Waals surface area contributed by atoms with Crippen molar-refractivity contribution < 1.29 is 14.7 Å². The van der Waals surface area contributed by atoms with Crippen molar-refractivity contribution in [1.82, 2.24) is 9.91 Å². The Hall–Kier alpha value is -1.66. The largest absolute Gasteiger partial charge is 0.504 e. The van der Waals surface area contributed by atoms with E-state index in [1.54, 1.807) is 0 Å². The monoisotopic (exact) mass is 225 g/mol. The molecular formula is C10H15N3O3. The Morgan fingerprint density at radius 1 is 1.25 bits per heavy atom. The first-order valence-electron chi connectivity index (χ1n) is 4.80. The number of Topliss-reactive ketones (excluding diaryl/α,β-unsaturated/α-hetero) is 1. The van der Waals surface area contributed by atoms with Crippen LogP contribution in [0, 0.1) is 0 Å². The number of hydrogen-bond acceptors (Lipinski definition) is 6. The SMILES string of the molecule is CN(C)CCN(N)C1=CC(=O)C=C(O)C1=O. The Balaban J connectivity index is 2.72. The van der Waals surface area contributed by atoms with Crippen molar-refractivity contribution in [2.75, 3.05) is 27.2 Å². The van der Waals surface area contributed by atoms with E-state index >= 15 is 0 Å². The van der Waals surface area contributed by atoms with E-state index in [4.69, 9.17) is 5.84 Å². The molecule has 1 rings (SSSR count). The summed E-state index contributed by atoms with van der Waals surface area (Å²) in [6.07, 6.45) is 2.00. The molecule has 1 aliphatic carbocycles. The van der Waals surface area contributed by atoms with Gasteiger partial charge in [0.05, 0.1) is 0 Å². The van der Waals surface area contributed by atoms with Crippen LogP contribution in [-0.2, 0) is 9.59 Å². The maximum atomic E-state index is 11.5. The first kappa shape index (κ1) is 12.4. The molecule has 0 saturated carbocycles. The number of hydrogen-bond donors (Lipinski definition) is 2. The fourth-order valence-electron chi connectivity index (χ4n) is 1.22. The lowest BCUT2D eigenvalue weighted by molar-refractivity contribution is -0.118. The summed E-state index contributed by atoms with van der Waals surface area (Å²) in [5, 5.41) is 10.4. The first-order valence-corrected chi connectivity index (χ1v) is 4.80. The Morgan fingerprint density at radius 3 is 2.44 bits per heavy atom. The lowest BCUT2D eigenvalue weighted by Crippen LogP contribution is -2.40. The zero-order valence-corrected chi connectivity index (χ0v) is 9.30. The molecule has 88 valence electrons. The average molecular weight is 225 g/mol. The zero-order valence-electron chi connectivity index (χ0n) is 9.30. The van der Waals surface area contributed by atoms with Crippen LogP contribution in [0.3, 0.4) is 0 Å². The highest BCUT2D eigenvalue weighted by Crippen LogP contribution is 2.12. The molecule has 0 saturated heterocycles. The van der Waals surface area contributed by atoms with Gasteiger partial charge in [-0.2, -0.15) is 0 Å². The van der Waals surface area contributed by atoms with Crippen LogP contribution >= 0.6 is 0 Å². The van der Waals surface area contributed by atoms with Crippen molar-refractivity contribution in [3.05, 3.63) is 23.6 Å². The summed E-state index contributed by atoms with van der Waals surface area (Å²) in [7, 11) is 3.74. The van der Waals surface area contributed by atoms with Gasteiger partial charge in [0.25, 0.3) is 0 Å². The van der Waals surface area contributed by atoms with E-state index < -0.39 is 17.3 Å². The molecule has 0 spiro atoms. The van der Waals surface area contributed by atoms with Crippen molar-refractivity contribution >= 4 is 11.6 Å². The second-order valence-electron chi connectivity index (χ2n) is 3.79. The van der Waals surface area contributed by atoms with E-state index in [0.29, 0.717) is 13.1 Å². The molecule has 0 bridgehead atoms. The number of rotatable bonds is 4. The van der Waals surface area contributed by atoms with Gasteiger partial charge < -0.3 is 15.0 Å². The maximum absolute atomic E-state index is 11.5. The normalized spacial score (nSPS) is 16.2. The number of ketones is 2. The Kier molecular flexibility index (Phi) is 3.81. The molecule has 16 heavy (non-hydrogen) atoms. The number of carbonyl (C=O) groups is 2. The van der Waals surface area contributed by atoms with Gasteiger partial charge in [-0.25, -0.2) is 5.84 Å². The predicted molar refractivity (Wildman–Crippen MR) is 58.3 cm³/mol. The van der Waals surface area contributed by atoms with E-state index in [9.17, 15) is 14.7 Å². The van der Waals surface area contributed by atoms with E-state index in [2.05, 4.69) is 0 Å². The van der Waals surface area contributed by atoms with Gasteiger partial charge in [-0.15, -0.1) is 0 Å². The molecule has 0 aromatic carbocycles. The number of likely N-dealkylation sites (N-methyl/N-ethyl adjacent to an activating group) is 1. The summed E-state index contributed by atoms with van der Waals surface area (Å²) in [4.78, 5) is 24.5. The van der Waals surface area contributed by atoms with Gasteiger partial charge in [0.1, 0.15) is 5.70 Å². The van der Waals surface area contributed by atoms with Crippen LogP contribution in [0.5, 0.6) is 0 Å². The third kappa shape index (κ3) is 2.91. The third-order valence-corrected chi connectivity index (χ3v) is 2.12. The van der Waals surface area contributed by atoms with Gasteiger partial charge in [-0.05, 0) is 14.1 Å². The molecule has 3 N–H and O–H groups in total. The Labute approximate surface area is 93.6 Å². The highest BCUT2D eigenvalue weighted by Gasteiger charge is 2.24. The molecule has 0 atom stereocenters. The van der Waals surface area contributed by atoms with Crippen LogP contribution in [0.4, 0.5) is 0 Å². The Bertz CT molecular complexity index is 372. The summed E-state index contributed by atoms with van der Waals surface area (Å²) in [5.74, 6) is 4.01. The molecular weight excluding hydrogens is 210 g/mol. The highest BCUT2D eigenvalue weighted by molar-refractivity contribution is 6.18. The summed E-state index contributed by atoms with van der Waals surface area (Å²) < 4.78 is 0. The van der Waals surface area contributed by atoms with Crippen LogP contribution in [0.25, 0.3) is 0 Å². The number of nitrogens with zero attached hydrogens (tertiary/aromatic N) is 2. The topological polar surface area (TPSA) is 86.9 Å². The van der Waals surface area contributed by atoms with Crippen molar-refractivity contribution in [3.63, 3.8) is 0 Å². The zero-order chi connectivity index (χ0) is 12.3. The van der Waals surface area contributed by atoms with Crippen molar-refractivity contribution in [2.45, 2.75) is 0 Å². The quantitative estimate of drug-likeness (QED) is 0.370. The summed E-state index contributed by atoms with van der Waals surface area (Å²) in [6, 6.07) is 0. The van der Waals surface area contributed by atoms with Crippen molar-refractivity contribution in [1.29, 1.82) is 0 Å². The fourth-order valence-corrected chi connectivity index (χ4v) is 1.22. The minimum Gasteiger partial charge on any atom is -0.504 e. The molecule has 0 fully saturated rings. The fraction of sp³-hybridized carbons (Fsp3) is 0.400. The lowest BCUT2D eigenvalue weighted by Gasteiger charge is -2.23. The van der Waals surface area contributed by atoms with Gasteiger partial charge in [0.15, 0.2) is 11.5 Å². The first-order chi connectivity index (χ1) is 7.41. The molecule has 6 heteroatoms. The van der Waals surface area contributed by atoms with Gasteiger partial charge in [0, 0.05) is 25.2 Å². The molecule has 0 unspecified atom stereocenters. The molecule has 0 amide bonds. The van der Waals surface area contributed by atoms with Gasteiger partial charge in [0.2, 0.25) is 5.78 Å². The molecule has 0 heterocycles. The van der Waals surface area contributed by atoms with Gasteiger partial charge >= 0.3 is 0 Å². The van der Waals surface area contributed by atoms with E-state index in [1.807, 2.05) is 19.0 Å². The number of aliphatic hydroxyl groups excluding tert-OH is 1. The number of allylic oxidation sites excluding steroid dienone is 2. The van der Waals surface area contributed by atoms with Crippen LogP contribution < -0.4 is 5.84 Å². The second-order valence-corrected chi connectivity index (χ2v) is 3.79. The molecule has 6 nitrogen and oxygen atoms in total. The number of nitrogens with two attached hydrogens (primary N) is 1. The number of hydrazine groups is 1. The minimum atomic E-state index is -0.624. The van der Waals surface area contributed by atoms with Crippen LogP contribution in [0.15, 0.2) is 23.6 Å². The minimum absolute atomic E-state index is 0.0202. The number of aliphatic hydroxyl groups is 1.